The van der Waals surface area contributed by atoms with Crippen molar-refractivity contribution in [2.75, 3.05) is 18.4 Å². The Hall–Kier alpha value is -1.95. The normalized spacial score (nSPS) is 17.0. The number of amides is 1. The third-order valence-corrected chi connectivity index (χ3v) is 3.40. The number of nitrogens with one attached hydrogen (secondary N) is 2. The van der Waals surface area contributed by atoms with Crippen LogP contribution in [0.2, 0.25) is 0 Å². The topological polar surface area (TPSA) is 79.8 Å². The molecule has 6 nitrogen and oxygen atoms in total. The standard InChI is InChI=1S/C18H28N2O4/c1-17(2,3)24-16(21)19-10-14-9-12-8-13(6-7-15(12)23-14)20-11-18(4,5)22/h6-8,14,20,22H,9-11H2,1-5H3,(H,19,21). The van der Waals surface area contributed by atoms with Crippen LogP contribution in [-0.2, 0) is 11.2 Å². The Bertz CT molecular complexity index is 588. The summed E-state index contributed by atoms with van der Waals surface area (Å²) >= 11 is 0. The van der Waals surface area contributed by atoms with Crippen LogP contribution in [0.1, 0.15) is 40.2 Å². The number of anilines is 1. The molecule has 0 aliphatic carbocycles. The molecule has 0 saturated heterocycles. The van der Waals surface area contributed by atoms with Gasteiger partial charge in [-0.1, -0.05) is 0 Å². The summed E-state index contributed by atoms with van der Waals surface area (Å²) in [5.41, 5.74) is 0.756. The smallest absolute Gasteiger partial charge is 0.407 e. The largest absolute Gasteiger partial charge is 0.488 e. The molecule has 0 fully saturated rings. The molecule has 1 unspecified atom stereocenters. The van der Waals surface area contributed by atoms with Gasteiger partial charge in [0.2, 0.25) is 0 Å². The number of ether oxygens (including phenoxy) is 2. The van der Waals surface area contributed by atoms with Gasteiger partial charge in [-0.3, -0.25) is 0 Å². The average molecular weight is 336 g/mol. The summed E-state index contributed by atoms with van der Waals surface area (Å²) in [7, 11) is 0. The highest BCUT2D eigenvalue weighted by molar-refractivity contribution is 5.67. The van der Waals surface area contributed by atoms with E-state index < -0.39 is 17.3 Å². The van der Waals surface area contributed by atoms with E-state index in [1.54, 1.807) is 13.8 Å². The van der Waals surface area contributed by atoms with Gasteiger partial charge >= 0.3 is 6.09 Å². The first-order chi connectivity index (χ1) is 11.0. The van der Waals surface area contributed by atoms with E-state index >= 15 is 0 Å². The van der Waals surface area contributed by atoms with Crippen molar-refractivity contribution in [3.8, 4) is 5.75 Å². The first-order valence-electron chi connectivity index (χ1n) is 8.24. The summed E-state index contributed by atoms with van der Waals surface area (Å²) in [4.78, 5) is 11.7. The van der Waals surface area contributed by atoms with Crippen molar-refractivity contribution in [3.05, 3.63) is 23.8 Å². The van der Waals surface area contributed by atoms with Crippen molar-refractivity contribution in [2.24, 2.45) is 0 Å². The fourth-order valence-corrected chi connectivity index (χ4v) is 2.37. The maximum Gasteiger partial charge on any atom is 0.407 e. The highest BCUT2D eigenvalue weighted by Gasteiger charge is 2.25. The van der Waals surface area contributed by atoms with E-state index in [0.29, 0.717) is 13.1 Å². The van der Waals surface area contributed by atoms with Crippen molar-refractivity contribution >= 4 is 11.8 Å². The molecule has 0 radical (unpaired) electrons. The molecule has 0 bridgehead atoms. The van der Waals surface area contributed by atoms with Gasteiger partial charge in [0.05, 0.1) is 12.1 Å². The molecule has 1 amide bonds. The van der Waals surface area contributed by atoms with E-state index in [4.69, 9.17) is 9.47 Å². The highest BCUT2D eigenvalue weighted by atomic mass is 16.6. The fraction of sp³-hybridized carbons (Fsp3) is 0.611. The van der Waals surface area contributed by atoms with Crippen molar-refractivity contribution in [1.82, 2.24) is 5.32 Å². The summed E-state index contributed by atoms with van der Waals surface area (Å²) in [5.74, 6) is 0.833. The third-order valence-electron chi connectivity index (χ3n) is 3.40. The lowest BCUT2D eigenvalue weighted by molar-refractivity contribution is 0.0506. The summed E-state index contributed by atoms with van der Waals surface area (Å²) in [5, 5.41) is 15.7. The van der Waals surface area contributed by atoms with E-state index in [0.717, 1.165) is 23.4 Å². The second-order valence-electron chi connectivity index (χ2n) is 7.82. The van der Waals surface area contributed by atoms with Gasteiger partial charge in [0.1, 0.15) is 17.5 Å². The maximum atomic E-state index is 11.7. The zero-order chi connectivity index (χ0) is 18.0. The fourth-order valence-electron chi connectivity index (χ4n) is 2.37. The third kappa shape index (κ3) is 5.92. The Labute approximate surface area is 143 Å². The van der Waals surface area contributed by atoms with Crippen molar-refractivity contribution in [3.63, 3.8) is 0 Å². The molecule has 6 heteroatoms. The first kappa shape index (κ1) is 18.4. The van der Waals surface area contributed by atoms with Crippen LogP contribution < -0.4 is 15.4 Å². The molecule has 1 aliphatic rings. The van der Waals surface area contributed by atoms with Crippen molar-refractivity contribution in [1.29, 1.82) is 0 Å². The molecule has 1 aromatic carbocycles. The van der Waals surface area contributed by atoms with Crippen LogP contribution in [-0.4, -0.2) is 41.6 Å². The predicted octanol–water partition coefficient (Wildman–Crippen LogP) is 2.70. The Morgan fingerprint density at radius 2 is 2.04 bits per heavy atom. The Morgan fingerprint density at radius 1 is 1.33 bits per heavy atom. The molecule has 24 heavy (non-hydrogen) atoms. The molecule has 0 aromatic heterocycles. The number of alkyl carbamates (subject to hydrolysis) is 1. The quantitative estimate of drug-likeness (QED) is 0.770. The highest BCUT2D eigenvalue weighted by Crippen LogP contribution is 2.31. The number of hydrogen-bond acceptors (Lipinski definition) is 5. The van der Waals surface area contributed by atoms with Gasteiger partial charge in [-0.2, -0.15) is 0 Å². The molecule has 1 aliphatic heterocycles. The average Bonchev–Trinajstić information content (AvgIpc) is 2.82. The van der Waals surface area contributed by atoms with Gasteiger partial charge in [-0.05, 0) is 58.4 Å². The number of rotatable bonds is 5. The molecule has 3 N–H and O–H groups in total. The molecule has 1 heterocycles. The summed E-state index contributed by atoms with van der Waals surface area (Å²) in [6.45, 7) is 9.88. The van der Waals surface area contributed by atoms with Crippen LogP contribution in [0, 0.1) is 0 Å². The van der Waals surface area contributed by atoms with Crippen LogP contribution in [0.4, 0.5) is 10.5 Å². The predicted molar refractivity (Wildman–Crippen MR) is 93.6 cm³/mol. The summed E-state index contributed by atoms with van der Waals surface area (Å²) < 4.78 is 11.1. The number of carbonyl (C=O) groups excluding carboxylic acids is 1. The molecule has 2 rings (SSSR count). The van der Waals surface area contributed by atoms with Crippen molar-refractivity contribution in [2.45, 2.75) is 58.3 Å². The van der Waals surface area contributed by atoms with Gasteiger partial charge in [0.15, 0.2) is 0 Å². The monoisotopic (exact) mass is 336 g/mol. The van der Waals surface area contributed by atoms with Crippen LogP contribution in [0.3, 0.4) is 0 Å². The zero-order valence-corrected chi connectivity index (χ0v) is 15.1. The minimum atomic E-state index is -0.768. The Kier molecular flexibility index (Phi) is 5.28. The number of benzene rings is 1. The van der Waals surface area contributed by atoms with E-state index in [-0.39, 0.29) is 6.10 Å². The molecule has 1 atom stereocenters. The minimum absolute atomic E-state index is 0.1000. The maximum absolute atomic E-state index is 11.7. The van der Waals surface area contributed by atoms with Gasteiger partial charge in [0.25, 0.3) is 0 Å². The van der Waals surface area contributed by atoms with E-state index in [1.807, 2.05) is 39.0 Å². The lowest BCUT2D eigenvalue weighted by Crippen LogP contribution is -2.38. The number of carbonyl (C=O) groups is 1. The van der Waals surface area contributed by atoms with Crippen LogP contribution >= 0.6 is 0 Å². The molecule has 1 aromatic rings. The van der Waals surface area contributed by atoms with E-state index in [2.05, 4.69) is 10.6 Å². The molecule has 0 saturated carbocycles. The molecule has 134 valence electrons. The van der Waals surface area contributed by atoms with E-state index in [9.17, 15) is 9.90 Å². The van der Waals surface area contributed by atoms with Crippen molar-refractivity contribution < 1.29 is 19.4 Å². The lowest BCUT2D eigenvalue weighted by atomic mass is 10.1. The SMILES string of the molecule is CC(C)(O)CNc1ccc2c(c1)CC(CNC(=O)OC(C)(C)C)O2. The summed E-state index contributed by atoms with van der Waals surface area (Å²) in [6.07, 6.45) is 0.190. The second kappa shape index (κ2) is 6.89. The molecule has 0 spiro atoms. The minimum Gasteiger partial charge on any atom is -0.488 e. The number of hydrogen-bond donors (Lipinski definition) is 3. The van der Waals surface area contributed by atoms with Gasteiger partial charge in [-0.15, -0.1) is 0 Å². The van der Waals surface area contributed by atoms with E-state index in [1.165, 1.54) is 0 Å². The second-order valence-corrected chi connectivity index (χ2v) is 7.82. The Balaban J connectivity index is 1.85. The van der Waals surface area contributed by atoms with Gasteiger partial charge in [-0.25, -0.2) is 4.79 Å². The zero-order valence-electron chi connectivity index (χ0n) is 15.1. The Morgan fingerprint density at radius 3 is 2.67 bits per heavy atom. The van der Waals surface area contributed by atoms with Gasteiger partial charge < -0.3 is 25.2 Å². The van der Waals surface area contributed by atoms with Crippen LogP contribution in [0.25, 0.3) is 0 Å². The number of fused-ring (bicyclic) bond motifs is 1. The lowest BCUT2D eigenvalue weighted by Gasteiger charge is -2.20. The summed E-state index contributed by atoms with van der Waals surface area (Å²) in [6, 6.07) is 5.86. The van der Waals surface area contributed by atoms with Gasteiger partial charge in [0, 0.05) is 18.7 Å². The molecular formula is C18H28N2O4. The van der Waals surface area contributed by atoms with Crippen LogP contribution in [0.5, 0.6) is 5.75 Å². The number of aliphatic hydroxyl groups is 1. The first-order valence-corrected chi connectivity index (χ1v) is 8.24. The van der Waals surface area contributed by atoms with Crippen LogP contribution in [0.15, 0.2) is 18.2 Å². The molecular weight excluding hydrogens is 308 g/mol.